The molecule has 0 saturated carbocycles. The highest BCUT2D eigenvalue weighted by Gasteiger charge is 2.03. The maximum Gasteiger partial charge on any atom is 0.0575 e. The third-order valence-corrected chi connectivity index (χ3v) is 3.64. The van der Waals surface area contributed by atoms with Gasteiger partial charge in [-0.2, -0.15) is 5.10 Å². The molecule has 2 aromatic rings. The summed E-state index contributed by atoms with van der Waals surface area (Å²) in [4.78, 5) is 0. The first-order valence-electron chi connectivity index (χ1n) is 5.40. The number of aryl methyl sites for hydroxylation is 1. The van der Waals surface area contributed by atoms with Gasteiger partial charge in [0.25, 0.3) is 0 Å². The van der Waals surface area contributed by atoms with Crippen LogP contribution >= 0.6 is 31.9 Å². The first-order chi connectivity index (χ1) is 8.20. The molecule has 0 aliphatic rings. The van der Waals surface area contributed by atoms with Gasteiger partial charge >= 0.3 is 0 Å². The van der Waals surface area contributed by atoms with Crippen LogP contribution in [0.2, 0.25) is 0 Å². The molecule has 0 bridgehead atoms. The lowest BCUT2D eigenvalue weighted by atomic mass is 10.3. The Morgan fingerprint density at radius 1 is 1.29 bits per heavy atom. The van der Waals surface area contributed by atoms with Crippen molar-refractivity contribution in [3.8, 4) is 0 Å². The lowest BCUT2D eigenvalue weighted by Crippen LogP contribution is -2.08. The van der Waals surface area contributed by atoms with E-state index < -0.39 is 0 Å². The molecule has 1 aromatic heterocycles. The van der Waals surface area contributed by atoms with Crippen LogP contribution in [0.5, 0.6) is 0 Å². The first-order valence-corrected chi connectivity index (χ1v) is 6.99. The van der Waals surface area contributed by atoms with E-state index in [1.807, 2.05) is 35.1 Å². The zero-order valence-corrected chi connectivity index (χ0v) is 12.6. The topological polar surface area (TPSA) is 29.9 Å². The van der Waals surface area contributed by atoms with Gasteiger partial charge in [0.2, 0.25) is 0 Å². The maximum absolute atomic E-state index is 4.24. The summed E-state index contributed by atoms with van der Waals surface area (Å²) in [5.41, 5.74) is 2.26. The van der Waals surface area contributed by atoms with Crippen LogP contribution in [-0.4, -0.2) is 9.78 Å². The summed E-state index contributed by atoms with van der Waals surface area (Å²) in [5, 5.41) is 7.63. The summed E-state index contributed by atoms with van der Waals surface area (Å²) < 4.78 is 4.10. The molecular formula is C12H13Br2N3. The maximum atomic E-state index is 4.24. The highest BCUT2D eigenvalue weighted by atomic mass is 79.9. The van der Waals surface area contributed by atoms with Crippen molar-refractivity contribution in [3.63, 3.8) is 0 Å². The Balaban J connectivity index is 2.07. The summed E-state index contributed by atoms with van der Waals surface area (Å²) in [6.45, 7) is 3.76. The Kier molecular flexibility index (Phi) is 4.23. The van der Waals surface area contributed by atoms with Crippen LogP contribution in [0.15, 0.2) is 39.4 Å². The molecule has 0 saturated heterocycles. The molecule has 1 aromatic carbocycles. The van der Waals surface area contributed by atoms with Crippen molar-refractivity contribution in [2.24, 2.45) is 0 Å². The summed E-state index contributed by atoms with van der Waals surface area (Å²) in [6, 6.07) is 8.12. The molecule has 0 spiro atoms. The van der Waals surface area contributed by atoms with Gasteiger partial charge in [-0.15, -0.1) is 0 Å². The van der Waals surface area contributed by atoms with Crippen LogP contribution in [0.25, 0.3) is 0 Å². The summed E-state index contributed by atoms with van der Waals surface area (Å²) >= 11 is 6.97. The van der Waals surface area contributed by atoms with Gasteiger partial charge in [-0.25, -0.2) is 0 Å². The number of benzene rings is 1. The Hall–Kier alpha value is -0.810. The molecule has 17 heavy (non-hydrogen) atoms. The SMILES string of the molecule is CCn1nccc1CNc1ccc(Br)cc1Br. The predicted molar refractivity (Wildman–Crippen MR) is 77.1 cm³/mol. The quantitative estimate of drug-likeness (QED) is 0.893. The fourth-order valence-electron chi connectivity index (χ4n) is 1.61. The highest BCUT2D eigenvalue weighted by Crippen LogP contribution is 2.26. The van der Waals surface area contributed by atoms with Gasteiger partial charge in [0.15, 0.2) is 0 Å². The van der Waals surface area contributed by atoms with E-state index in [1.54, 1.807) is 0 Å². The molecule has 1 N–H and O–H groups in total. The Morgan fingerprint density at radius 3 is 2.82 bits per heavy atom. The van der Waals surface area contributed by atoms with Crippen molar-refractivity contribution in [1.29, 1.82) is 0 Å². The normalized spacial score (nSPS) is 10.5. The lowest BCUT2D eigenvalue weighted by molar-refractivity contribution is 0.627. The van der Waals surface area contributed by atoms with E-state index >= 15 is 0 Å². The molecule has 0 unspecified atom stereocenters. The summed E-state index contributed by atoms with van der Waals surface area (Å²) in [6.07, 6.45) is 1.83. The van der Waals surface area contributed by atoms with Crippen LogP contribution in [0.1, 0.15) is 12.6 Å². The number of hydrogen-bond donors (Lipinski definition) is 1. The average molecular weight is 359 g/mol. The van der Waals surface area contributed by atoms with Crippen LogP contribution < -0.4 is 5.32 Å². The number of halogens is 2. The Morgan fingerprint density at radius 2 is 2.12 bits per heavy atom. The van der Waals surface area contributed by atoms with Crippen molar-refractivity contribution < 1.29 is 0 Å². The van der Waals surface area contributed by atoms with E-state index in [4.69, 9.17) is 0 Å². The second-order valence-electron chi connectivity index (χ2n) is 3.62. The van der Waals surface area contributed by atoms with Crippen LogP contribution in [0.3, 0.4) is 0 Å². The largest absolute Gasteiger partial charge is 0.378 e. The molecule has 2 rings (SSSR count). The van der Waals surface area contributed by atoms with E-state index in [0.717, 1.165) is 27.7 Å². The fourth-order valence-corrected chi connectivity index (χ4v) is 2.80. The Labute approximate surface area is 117 Å². The van der Waals surface area contributed by atoms with Gasteiger partial charge in [-0.1, -0.05) is 15.9 Å². The highest BCUT2D eigenvalue weighted by molar-refractivity contribution is 9.11. The van der Waals surface area contributed by atoms with Crippen molar-refractivity contribution in [2.75, 3.05) is 5.32 Å². The summed E-state index contributed by atoms with van der Waals surface area (Å²) in [5.74, 6) is 0. The minimum atomic E-state index is 0.772. The smallest absolute Gasteiger partial charge is 0.0575 e. The second-order valence-corrected chi connectivity index (χ2v) is 5.39. The fraction of sp³-hybridized carbons (Fsp3) is 0.250. The first kappa shape index (κ1) is 12.6. The number of rotatable bonds is 4. The number of hydrogen-bond acceptors (Lipinski definition) is 2. The van der Waals surface area contributed by atoms with Gasteiger partial charge in [0.1, 0.15) is 0 Å². The van der Waals surface area contributed by atoms with Crippen molar-refractivity contribution in [2.45, 2.75) is 20.0 Å². The lowest BCUT2D eigenvalue weighted by Gasteiger charge is -2.10. The number of anilines is 1. The molecule has 0 amide bonds. The minimum Gasteiger partial charge on any atom is -0.378 e. The van der Waals surface area contributed by atoms with E-state index in [-0.39, 0.29) is 0 Å². The molecule has 3 nitrogen and oxygen atoms in total. The van der Waals surface area contributed by atoms with Crippen molar-refractivity contribution in [3.05, 3.63) is 45.1 Å². The zero-order chi connectivity index (χ0) is 12.3. The number of nitrogens with one attached hydrogen (secondary N) is 1. The molecule has 0 radical (unpaired) electrons. The molecule has 0 fully saturated rings. The average Bonchev–Trinajstić information content (AvgIpc) is 2.75. The predicted octanol–water partition coefficient (Wildman–Crippen LogP) is 4.04. The molecule has 0 aliphatic carbocycles. The van der Waals surface area contributed by atoms with Crippen molar-refractivity contribution in [1.82, 2.24) is 9.78 Å². The van der Waals surface area contributed by atoms with Gasteiger partial charge in [0, 0.05) is 27.4 Å². The number of nitrogens with zero attached hydrogens (tertiary/aromatic N) is 2. The van der Waals surface area contributed by atoms with Gasteiger partial charge < -0.3 is 5.32 Å². The molecule has 1 heterocycles. The molecular weight excluding hydrogens is 346 g/mol. The third kappa shape index (κ3) is 3.10. The van der Waals surface area contributed by atoms with Gasteiger partial charge in [0.05, 0.1) is 12.2 Å². The molecule has 0 aliphatic heterocycles. The van der Waals surface area contributed by atoms with Gasteiger partial charge in [-0.05, 0) is 47.1 Å². The van der Waals surface area contributed by atoms with Crippen LogP contribution in [-0.2, 0) is 13.1 Å². The van der Waals surface area contributed by atoms with Gasteiger partial charge in [-0.3, -0.25) is 4.68 Å². The zero-order valence-electron chi connectivity index (χ0n) is 9.45. The monoisotopic (exact) mass is 357 g/mol. The Bertz CT molecular complexity index is 508. The molecule has 0 atom stereocenters. The summed E-state index contributed by atoms with van der Waals surface area (Å²) in [7, 11) is 0. The standard InChI is InChI=1S/C12H13Br2N3/c1-2-17-10(5-6-16-17)8-15-12-4-3-9(13)7-11(12)14/h3-7,15H,2,8H2,1H3. The van der Waals surface area contributed by atoms with E-state index in [9.17, 15) is 0 Å². The van der Waals surface area contributed by atoms with Crippen LogP contribution in [0.4, 0.5) is 5.69 Å². The van der Waals surface area contributed by atoms with E-state index in [1.165, 1.54) is 5.69 Å². The molecule has 5 heteroatoms. The second kappa shape index (κ2) is 5.69. The van der Waals surface area contributed by atoms with Crippen LogP contribution in [0, 0.1) is 0 Å². The number of aromatic nitrogens is 2. The van der Waals surface area contributed by atoms with E-state index in [2.05, 4.69) is 49.2 Å². The third-order valence-electron chi connectivity index (χ3n) is 2.50. The van der Waals surface area contributed by atoms with Crippen molar-refractivity contribution >= 4 is 37.5 Å². The minimum absolute atomic E-state index is 0.772. The molecule has 90 valence electrons. The van der Waals surface area contributed by atoms with E-state index in [0.29, 0.717) is 0 Å².